The second kappa shape index (κ2) is 6.93. The minimum atomic E-state index is 0.498. The molecule has 1 aromatic carbocycles. The Hall–Kier alpha value is -0.860. The van der Waals surface area contributed by atoms with Crippen LogP contribution in [0.5, 0.6) is 0 Å². The molecule has 0 radical (unpaired) electrons. The number of nitrogens with one attached hydrogen (secondary N) is 1. The molecular weight excluding hydrogens is 256 g/mol. The van der Waals surface area contributed by atoms with Crippen molar-refractivity contribution in [2.75, 3.05) is 13.1 Å². The summed E-state index contributed by atoms with van der Waals surface area (Å²) in [4.78, 5) is 2.81. The lowest BCUT2D eigenvalue weighted by Gasteiger charge is -2.45. The maximum atomic E-state index is 3.77. The Labute approximate surface area is 129 Å². The molecule has 2 nitrogen and oxygen atoms in total. The molecule has 1 aliphatic heterocycles. The van der Waals surface area contributed by atoms with Crippen LogP contribution in [0.4, 0.5) is 0 Å². The first-order chi connectivity index (χ1) is 10.3. The van der Waals surface area contributed by atoms with Crippen LogP contribution in [0.3, 0.4) is 0 Å². The van der Waals surface area contributed by atoms with E-state index in [1.807, 2.05) is 0 Å². The third-order valence-corrected chi connectivity index (χ3v) is 5.74. The first-order valence-corrected chi connectivity index (χ1v) is 8.83. The molecule has 1 aromatic rings. The van der Waals surface area contributed by atoms with E-state index in [4.69, 9.17) is 0 Å². The van der Waals surface area contributed by atoms with Gasteiger partial charge in [-0.15, -0.1) is 0 Å². The largest absolute Gasteiger partial charge is 0.307 e. The summed E-state index contributed by atoms with van der Waals surface area (Å²) in [7, 11) is 0. The minimum absolute atomic E-state index is 0.498. The second-order valence-corrected chi connectivity index (χ2v) is 6.92. The number of nitrogens with zero attached hydrogens (tertiary/aromatic N) is 1. The standard InChI is InChI=1S/C19H30N2/c1-3-18-13-20-19(17-11-5-4-6-12-17)14-21(18)15(2)16-9-7-8-10-16/h4-6,11-12,15-16,18-20H,3,7-10,13-14H2,1-2H3. The molecule has 0 bridgehead atoms. The van der Waals surface area contributed by atoms with Crippen LogP contribution in [0.1, 0.15) is 57.6 Å². The van der Waals surface area contributed by atoms with Crippen LogP contribution in [-0.4, -0.2) is 30.1 Å². The maximum absolute atomic E-state index is 3.77. The molecular formula is C19H30N2. The molecule has 0 amide bonds. The molecule has 116 valence electrons. The van der Waals surface area contributed by atoms with Gasteiger partial charge in [-0.25, -0.2) is 0 Å². The normalized spacial score (nSPS) is 29.6. The minimum Gasteiger partial charge on any atom is -0.307 e. The molecule has 2 aliphatic rings. The van der Waals surface area contributed by atoms with E-state index in [9.17, 15) is 0 Å². The third-order valence-electron chi connectivity index (χ3n) is 5.74. The maximum Gasteiger partial charge on any atom is 0.0450 e. The number of hydrogen-bond acceptors (Lipinski definition) is 2. The molecule has 0 spiro atoms. The van der Waals surface area contributed by atoms with Crippen molar-refractivity contribution in [2.24, 2.45) is 5.92 Å². The average Bonchev–Trinajstić information content (AvgIpc) is 3.09. The van der Waals surface area contributed by atoms with E-state index in [2.05, 4.69) is 54.4 Å². The van der Waals surface area contributed by atoms with Gasteiger partial charge in [-0.05, 0) is 37.7 Å². The van der Waals surface area contributed by atoms with Crippen LogP contribution in [0.15, 0.2) is 30.3 Å². The highest BCUT2D eigenvalue weighted by Crippen LogP contribution is 2.33. The van der Waals surface area contributed by atoms with Crippen molar-refractivity contribution in [2.45, 2.75) is 64.1 Å². The second-order valence-electron chi connectivity index (χ2n) is 6.92. The molecule has 21 heavy (non-hydrogen) atoms. The Balaban J connectivity index is 1.72. The lowest BCUT2D eigenvalue weighted by atomic mass is 9.92. The molecule has 3 rings (SSSR count). The summed E-state index contributed by atoms with van der Waals surface area (Å²) < 4.78 is 0. The zero-order chi connectivity index (χ0) is 14.7. The summed E-state index contributed by atoms with van der Waals surface area (Å²) in [6.45, 7) is 7.11. The highest BCUT2D eigenvalue weighted by Gasteiger charge is 2.34. The molecule has 2 fully saturated rings. The van der Waals surface area contributed by atoms with Gasteiger partial charge in [-0.1, -0.05) is 50.1 Å². The van der Waals surface area contributed by atoms with Gasteiger partial charge in [0.05, 0.1) is 0 Å². The van der Waals surface area contributed by atoms with E-state index in [0.717, 1.165) is 18.5 Å². The van der Waals surface area contributed by atoms with Gasteiger partial charge in [0.15, 0.2) is 0 Å². The molecule has 0 aromatic heterocycles. The van der Waals surface area contributed by atoms with Gasteiger partial charge >= 0.3 is 0 Å². The molecule has 2 heteroatoms. The lowest BCUT2D eigenvalue weighted by molar-refractivity contribution is 0.0583. The van der Waals surface area contributed by atoms with Gasteiger partial charge < -0.3 is 5.32 Å². The Bertz CT molecular complexity index is 424. The highest BCUT2D eigenvalue weighted by molar-refractivity contribution is 5.20. The number of benzene rings is 1. The summed E-state index contributed by atoms with van der Waals surface area (Å²) in [5.41, 5.74) is 1.44. The zero-order valence-corrected chi connectivity index (χ0v) is 13.6. The fraction of sp³-hybridized carbons (Fsp3) is 0.684. The van der Waals surface area contributed by atoms with Crippen molar-refractivity contribution in [3.05, 3.63) is 35.9 Å². The van der Waals surface area contributed by atoms with E-state index in [0.29, 0.717) is 12.1 Å². The van der Waals surface area contributed by atoms with Gasteiger partial charge in [0.25, 0.3) is 0 Å². The summed E-state index contributed by atoms with van der Waals surface area (Å²) in [5, 5.41) is 3.77. The predicted molar refractivity (Wildman–Crippen MR) is 89.4 cm³/mol. The summed E-state index contributed by atoms with van der Waals surface area (Å²) in [6, 6.07) is 12.9. The van der Waals surface area contributed by atoms with Crippen molar-refractivity contribution in [3.8, 4) is 0 Å². The smallest absolute Gasteiger partial charge is 0.0450 e. The molecule has 1 saturated carbocycles. The van der Waals surface area contributed by atoms with Crippen LogP contribution in [0.25, 0.3) is 0 Å². The fourth-order valence-corrected chi connectivity index (χ4v) is 4.32. The van der Waals surface area contributed by atoms with Gasteiger partial charge in [0.1, 0.15) is 0 Å². The van der Waals surface area contributed by atoms with Crippen LogP contribution < -0.4 is 5.32 Å². The van der Waals surface area contributed by atoms with Crippen molar-refractivity contribution in [1.29, 1.82) is 0 Å². The van der Waals surface area contributed by atoms with Gasteiger partial charge in [-0.3, -0.25) is 4.90 Å². The first kappa shape index (κ1) is 15.1. The Morgan fingerprint density at radius 3 is 2.57 bits per heavy atom. The number of piperazine rings is 1. The Morgan fingerprint density at radius 1 is 1.19 bits per heavy atom. The molecule has 1 N–H and O–H groups in total. The van der Waals surface area contributed by atoms with Crippen molar-refractivity contribution >= 4 is 0 Å². The topological polar surface area (TPSA) is 15.3 Å². The molecule has 3 unspecified atom stereocenters. The third kappa shape index (κ3) is 3.32. The molecule has 3 atom stereocenters. The molecule has 1 heterocycles. The lowest BCUT2D eigenvalue weighted by Crippen LogP contribution is -2.56. The Kier molecular flexibility index (Phi) is 4.97. The summed E-state index contributed by atoms with van der Waals surface area (Å²) in [6.07, 6.45) is 7.03. The van der Waals surface area contributed by atoms with E-state index in [1.165, 1.54) is 44.2 Å². The van der Waals surface area contributed by atoms with Crippen LogP contribution in [0, 0.1) is 5.92 Å². The average molecular weight is 286 g/mol. The molecule has 1 aliphatic carbocycles. The van der Waals surface area contributed by atoms with Crippen molar-refractivity contribution < 1.29 is 0 Å². The summed E-state index contributed by atoms with van der Waals surface area (Å²) in [5.74, 6) is 0.925. The van der Waals surface area contributed by atoms with Gasteiger partial charge in [0.2, 0.25) is 0 Å². The van der Waals surface area contributed by atoms with E-state index >= 15 is 0 Å². The van der Waals surface area contributed by atoms with E-state index in [-0.39, 0.29) is 0 Å². The van der Waals surface area contributed by atoms with E-state index < -0.39 is 0 Å². The van der Waals surface area contributed by atoms with Gasteiger partial charge in [0, 0.05) is 31.2 Å². The summed E-state index contributed by atoms with van der Waals surface area (Å²) >= 11 is 0. The van der Waals surface area contributed by atoms with Crippen LogP contribution in [0.2, 0.25) is 0 Å². The SMILES string of the molecule is CCC1CNC(c2ccccc2)CN1C(C)C1CCCC1. The van der Waals surface area contributed by atoms with Crippen molar-refractivity contribution in [3.63, 3.8) is 0 Å². The van der Waals surface area contributed by atoms with Crippen molar-refractivity contribution in [1.82, 2.24) is 10.2 Å². The number of hydrogen-bond donors (Lipinski definition) is 1. The monoisotopic (exact) mass is 286 g/mol. The highest BCUT2D eigenvalue weighted by atomic mass is 15.3. The van der Waals surface area contributed by atoms with Crippen LogP contribution >= 0.6 is 0 Å². The fourth-order valence-electron chi connectivity index (χ4n) is 4.32. The number of rotatable bonds is 4. The zero-order valence-electron chi connectivity index (χ0n) is 13.6. The van der Waals surface area contributed by atoms with E-state index in [1.54, 1.807) is 0 Å². The Morgan fingerprint density at radius 2 is 1.90 bits per heavy atom. The van der Waals surface area contributed by atoms with Crippen LogP contribution in [-0.2, 0) is 0 Å². The predicted octanol–water partition coefficient (Wildman–Crippen LogP) is 3.99. The molecule has 1 saturated heterocycles. The quantitative estimate of drug-likeness (QED) is 0.900. The first-order valence-electron chi connectivity index (χ1n) is 8.83. The van der Waals surface area contributed by atoms with Gasteiger partial charge in [-0.2, -0.15) is 0 Å².